The zero-order valence-corrected chi connectivity index (χ0v) is 14.3. The Balaban J connectivity index is 1.50. The number of nitrogens with zero attached hydrogens (tertiary/aromatic N) is 1. The monoisotopic (exact) mass is 344 g/mol. The molecule has 0 spiro atoms. The molecule has 0 radical (unpaired) electrons. The van der Waals surface area contributed by atoms with Crippen molar-refractivity contribution in [3.8, 4) is 0 Å². The maximum atomic E-state index is 12.1. The summed E-state index contributed by atoms with van der Waals surface area (Å²) in [4.78, 5) is 14.4. The first-order valence-corrected chi connectivity index (χ1v) is 8.55. The van der Waals surface area contributed by atoms with Crippen LogP contribution in [0.25, 0.3) is 0 Å². The van der Waals surface area contributed by atoms with Crippen LogP contribution in [0.5, 0.6) is 0 Å². The number of ether oxygens (including phenoxy) is 1. The number of anilines is 2. The molecule has 0 bridgehead atoms. The van der Waals surface area contributed by atoms with E-state index >= 15 is 0 Å². The predicted molar refractivity (Wildman–Crippen MR) is 97.9 cm³/mol. The number of carbonyl (C=O) groups excluding carboxylic acids is 1. The van der Waals surface area contributed by atoms with Gasteiger partial charge in [0.05, 0.1) is 13.2 Å². The first kappa shape index (κ1) is 16.8. The van der Waals surface area contributed by atoms with Crippen LogP contribution in [0.15, 0.2) is 48.5 Å². The first-order valence-electron chi connectivity index (χ1n) is 8.18. The lowest BCUT2D eigenvalue weighted by atomic mass is 10.1. The third-order valence-electron chi connectivity index (χ3n) is 4.06. The molecule has 24 heavy (non-hydrogen) atoms. The van der Waals surface area contributed by atoms with Crippen molar-refractivity contribution >= 4 is 28.9 Å². The average molecular weight is 345 g/mol. The Morgan fingerprint density at radius 1 is 1.12 bits per heavy atom. The van der Waals surface area contributed by atoms with Crippen molar-refractivity contribution in [2.75, 3.05) is 36.5 Å². The van der Waals surface area contributed by atoms with Gasteiger partial charge in [0.1, 0.15) is 0 Å². The molecule has 1 aliphatic rings. The molecule has 1 aliphatic heterocycles. The van der Waals surface area contributed by atoms with E-state index in [0.717, 1.165) is 43.2 Å². The Hall–Kier alpha value is -2.04. The first-order chi connectivity index (χ1) is 11.7. The summed E-state index contributed by atoms with van der Waals surface area (Å²) >= 11 is 5.96. The van der Waals surface area contributed by atoms with E-state index in [-0.39, 0.29) is 5.91 Å². The fourth-order valence-corrected chi connectivity index (χ4v) is 2.96. The van der Waals surface area contributed by atoms with E-state index in [1.807, 2.05) is 48.5 Å². The molecule has 1 heterocycles. The number of amides is 1. The van der Waals surface area contributed by atoms with Gasteiger partial charge in [-0.05, 0) is 48.4 Å². The van der Waals surface area contributed by atoms with Gasteiger partial charge in [-0.2, -0.15) is 0 Å². The van der Waals surface area contributed by atoms with Gasteiger partial charge in [0.25, 0.3) is 0 Å². The van der Waals surface area contributed by atoms with Crippen LogP contribution in [0.1, 0.15) is 12.0 Å². The quantitative estimate of drug-likeness (QED) is 0.898. The number of benzene rings is 2. The molecule has 1 saturated heterocycles. The molecule has 0 saturated carbocycles. The Labute approximate surface area is 147 Å². The molecular weight excluding hydrogens is 324 g/mol. The van der Waals surface area contributed by atoms with Crippen LogP contribution in [0, 0.1) is 0 Å². The van der Waals surface area contributed by atoms with Crippen LogP contribution in [-0.4, -0.2) is 32.2 Å². The van der Waals surface area contributed by atoms with Gasteiger partial charge in [0, 0.05) is 35.9 Å². The Morgan fingerprint density at radius 3 is 2.58 bits per heavy atom. The molecule has 0 aromatic heterocycles. The molecule has 1 amide bonds. The van der Waals surface area contributed by atoms with Gasteiger partial charge >= 0.3 is 0 Å². The number of nitrogens with one attached hydrogen (secondary N) is 1. The highest BCUT2D eigenvalue weighted by Crippen LogP contribution is 2.19. The number of halogens is 1. The van der Waals surface area contributed by atoms with Gasteiger partial charge in [0.2, 0.25) is 5.91 Å². The summed E-state index contributed by atoms with van der Waals surface area (Å²) in [7, 11) is 0. The summed E-state index contributed by atoms with van der Waals surface area (Å²) < 4.78 is 5.36. The summed E-state index contributed by atoms with van der Waals surface area (Å²) in [6.07, 6.45) is 1.11. The van der Waals surface area contributed by atoms with Crippen molar-refractivity contribution in [2.45, 2.75) is 12.8 Å². The molecule has 1 fully saturated rings. The minimum atomic E-state index is 0.00842. The van der Waals surface area contributed by atoms with E-state index in [1.54, 1.807) is 0 Å². The molecule has 0 atom stereocenters. The van der Waals surface area contributed by atoms with Crippen molar-refractivity contribution in [1.29, 1.82) is 0 Å². The van der Waals surface area contributed by atoms with Crippen LogP contribution in [0.3, 0.4) is 0 Å². The van der Waals surface area contributed by atoms with Crippen molar-refractivity contribution in [2.24, 2.45) is 0 Å². The zero-order chi connectivity index (χ0) is 16.8. The molecule has 0 unspecified atom stereocenters. The molecule has 0 aliphatic carbocycles. The second-order valence-electron chi connectivity index (χ2n) is 5.82. The highest BCUT2D eigenvalue weighted by atomic mass is 35.5. The molecule has 4 nitrogen and oxygen atoms in total. The number of aryl methyl sites for hydroxylation is 1. The molecule has 1 N–H and O–H groups in total. The van der Waals surface area contributed by atoms with E-state index in [0.29, 0.717) is 17.9 Å². The van der Waals surface area contributed by atoms with Gasteiger partial charge < -0.3 is 15.0 Å². The fraction of sp³-hybridized carbons (Fsp3) is 0.316. The summed E-state index contributed by atoms with van der Waals surface area (Å²) in [6, 6.07) is 15.6. The Bertz CT molecular complexity index is 682. The Morgan fingerprint density at radius 2 is 1.88 bits per heavy atom. The highest BCUT2D eigenvalue weighted by Gasteiger charge is 2.11. The van der Waals surface area contributed by atoms with E-state index in [4.69, 9.17) is 16.3 Å². The largest absolute Gasteiger partial charge is 0.378 e. The third kappa shape index (κ3) is 4.73. The topological polar surface area (TPSA) is 41.6 Å². The number of hydrogen-bond acceptors (Lipinski definition) is 3. The normalized spacial score (nSPS) is 14.5. The lowest BCUT2D eigenvalue weighted by Gasteiger charge is -2.28. The zero-order valence-electron chi connectivity index (χ0n) is 13.5. The third-order valence-corrected chi connectivity index (χ3v) is 4.29. The van der Waals surface area contributed by atoms with Crippen LogP contribution in [-0.2, 0) is 16.0 Å². The summed E-state index contributed by atoms with van der Waals surface area (Å²) in [6.45, 7) is 3.35. The molecule has 2 aromatic rings. The molecule has 126 valence electrons. The van der Waals surface area contributed by atoms with E-state index in [9.17, 15) is 4.79 Å². The summed E-state index contributed by atoms with van der Waals surface area (Å²) in [5.74, 6) is 0.00842. The number of rotatable bonds is 5. The maximum Gasteiger partial charge on any atom is 0.224 e. The SMILES string of the molecule is O=C(CCc1cccc(Cl)c1)Nc1ccc(N2CCOCC2)cc1. The fourth-order valence-electron chi connectivity index (χ4n) is 2.75. The molecule has 2 aromatic carbocycles. The van der Waals surface area contributed by atoms with Gasteiger partial charge in [0.15, 0.2) is 0 Å². The van der Waals surface area contributed by atoms with Gasteiger partial charge in [-0.1, -0.05) is 23.7 Å². The standard InChI is InChI=1S/C19H21ClN2O2/c20-16-3-1-2-15(14-16)4-9-19(23)21-17-5-7-18(8-6-17)22-10-12-24-13-11-22/h1-3,5-8,14H,4,9-13H2,(H,21,23). The van der Waals surface area contributed by atoms with Crippen molar-refractivity contribution < 1.29 is 9.53 Å². The van der Waals surface area contributed by atoms with Crippen molar-refractivity contribution in [3.05, 3.63) is 59.1 Å². The van der Waals surface area contributed by atoms with Crippen molar-refractivity contribution in [3.63, 3.8) is 0 Å². The number of morpholine rings is 1. The maximum absolute atomic E-state index is 12.1. The van der Waals surface area contributed by atoms with Crippen LogP contribution in [0.2, 0.25) is 5.02 Å². The molecule has 5 heteroatoms. The lowest BCUT2D eigenvalue weighted by molar-refractivity contribution is -0.116. The summed E-state index contributed by atoms with van der Waals surface area (Å²) in [5, 5.41) is 3.64. The number of hydrogen-bond donors (Lipinski definition) is 1. The molecule has 3 rings (SSSR count). The van der Waals surface area contributed by atoms with Gasteiger partial charge in [-0.25, -0.2) is 0 Å². The second-order valence-corrected chi connectivity index (χ2v) is 6.26. The minimum absolute atomic E-state index is 0.00842. The predicted octanol–water partition coefficient (Wildman–Crippen LogP) is 3.75. The minimum Gasteiger partial charge on any atom is -0.378 e. The van der Waals surface area contributed by atoms with E-state index in [1.165, 1.54) is 0 Å². The van der Waals surface area contributed by atoms with E-state index in [2.05, 4.69) is 10.2 Å². The van der Waals surface area contributed by atoms with E-state index < -0.39 is 0 Å². The highest BCUT2D eigenvalue weighted by molar-refractivity contribution is 6.30. The summed E-state index contributed by atoms with van der Waals surface area (Å²) in [5.41, 5.74) is 3.05. The molecular formula is C19H21ClN2O2. The van der Waals surface area contributed by atoms with Crippen LogP contribution in [0.4, 0.5) is 11.4 Å². The van der Waals surface area contributed by atoms with Gasteiger partial charge in [-0.3, -0.25) is 4.79 Å². The second kappa shape index (κ2) is 8.18. The van der Waals surface area contributed by atoms with Crippen molar-refractivity contribution in [1.82, 2.24) is 0 Å². The van der Waals surface area contributed by atoms with Gasteiger partial charge in [-0.15, -0.1) is 0 Å². The number of carbonyl (C=O) groups is 1. The lowest BCUT2D eigenvalue weighted by Crippen LogP contribution is -2.36. The van der Waals surface area contributed by atoms with Crippen LogP contribution < -0.4 is 10.2 Å². The van der Waals surface area contributed by atoms with Crippen LogP contribution >= 0.6 is 11.6 Å². The average Bonchev–Trinajstić information content (AvgIpc) is 2.61. The Kier molecular flexibility index (Phi) is 5.72. The smallest absolute Gasteiger partial charge is 0.224 e.